The van der Waals surface area contributed by atoms with Crippen LogP contribution in [0, 0.1) is 32.6 Å². The second-order valence-corrected chi connectivity index (χ2v) is 3.40. The van der Waals surface area contributed by atoms with Crippen molar-refractivity contribution in [2.24, 2.45) is 0 Å². The molecule has 0 saturated carbocycles. The number of rotatable bonds is 1. The van der Waals surface area contributed by atoms with E-state index in [1.165, 1.54) is 22.3 Å². The minimum absolute atomic E-state index is 0.878. The Balaban J connectivity index is 3.08. The lowest BCUT2D eigenvalue weighted by molar-refractivity contribution is 1.17. The molecule has 13 heavy (non-hydrogen) atoms. The van der Waals surface area contributed by atoms with Gasteiger partial charge in [0.05, 0.1) is 0 Å². The van der Waals surface area contributed by atoms with E-state index >= 15 is 0 Å². The lowest BCUT2D eigenvalue weighted by atomic mass is 9.97. The first-order valence-electron chi connectivity index (χ1n) is 4.62. The van der Waals surface area contributed by atoms with Crippen molar-refractivity contribution in [1.82, 2.24) is 0 Å². The lowest BCUT2D eigenvalue weighted by Gasteiger charge is -2.08. The molecule has 0 bridgehead atoms. The maximum absolute atomic E-state index is 3.10. The van der Waals surface area contributed by atoms with Gasteiger partial charge in [-0.05, 0) is 49.9 Å². The average Bonchev–Trinajstić information content (AvgIpc) is 2.13. The zero-order valence-electron chi connectivity index (χ0n) is 8.86. The van der Waals surface area contributed by atoms with Crippen molar-refractivity contribution >= 4 is 0 Å². The van der Waals surface area contributed by atoms with Crippen LogP contribution in [-0.4, -0.2) is 0 Å². The Morgan fingerprint density at radius 2 is 1.77 bits per heavy atom. The Hall–Kier alpha value is -1.22. The maximum Gasteiger partial charge on any atom is 0.0342 e. The summed E-state index contributed by atoms with van der Waals surface area (Å²) in [4.78, 5) is 0. The molecule has 0 spiro atoms. The van der Waals surface area contributed by atoms with Gasteiger partial charge in [-0.3, -0.25) is 0 Å². The minimum Gasteiger partial charge on any atom is -0.106 e. The van der Waals surface area contributed by atoms with Crippen molar-refractivity contribution in [1.29, 1.82) is 0 Å². The highest BCUT2D eigenvalue weighted by atomic mass is 14.1. The normalized spacial score (nSPS) is 9.23. The van der Waals surface area contributed by atoms with Gasteiger partial charge in [0.2, 0.25) is 0 Å². The highest BCUT2D eigenvalue weighted by Crippen LogP contribution is 2.17. The van der Waals surface area contributed by atoms with Gasteiger partial charge in [0.1, 0.15) is 0 Å². The number of aryl methyl sites for hydroxylation is 1. The van der Waals surface area contributed by atoms with Gasteiger partial charge in [-0.2, -0.15) is 0 Å². The molecule has 0 saturated heterocycles. The van der Waals surface area contributed by atoms with Gasteiger partial charge in [0, 0.05) is 6.42 Å². The van der Waals surface area contributed by atoms with E-state index in [1.807, 2.05) is 6.92 Å². The van der Waals surface area contributed by atoms with Crippen LogP contribution < -0.4 is 0 Å². The fourth-order valence-corrected chi connectivity index (χ4v) is 1.39. The summed E-state index contributed by atoms with van der Waals surface area (Å²) < 4.78 is 0. The summed E-state index contributed by atoms with van der Waals surface area (Å²) in [5.41, 5.74) is 5.52. The third kappa shape index (κ3) is 2.12. The van der Waals surface area contributed by atoms with Crippen LogP contribution in [0.3, 0.4) is 0 Å². The molecule has 0 nitrogen and oxygen atoms in total. The minimum atomic E-state index is 0.878. The fourth-order valence-electron chi connectivity index (χ4n) is 1.39. The molecular weight excluding hydrogens is 156 g/mol. The molecule has 0 fully saturated rings. The van der Waals surface area contributed by atoms with Crippen LogP contribution in [0.15, 0.2) is 12.1 Å². The smallest absolute Gasteiger partial charge is 0.0342 e. The molecule has 1 aromatic carbocycles. The first kappa shape index (κ1) is 9.86. The van der Waals surface area contributed by atoms with Gasteiger partial charge < -0.3 is 0 Å². The van der Waals surface area contributed by atoms with Gasteiger partial charge in [-0.25, -0.2) is 0 Å². The van der Waals surface area contributed by atoms with Gasteiger partial charge in [0.25, 0.3) is 0 Å². The Bertz CT molecular complexity index is 362. The molecule has 0 heterocycles. The number of hydrogen-bond acceptors (Lipinski definition) is 0. The summed E-state index contributed by atoms with van der Waals surface area (Å²) in [5.74, 6) is 6.03. The van der Waals surface area contributed by atoms with Crippen LogP contribution in [0.2, 0.25) is 0 Å². The van der Waals surface area contributed by atoms with Crippen LogP contribution in [-0.2, 0) is 6.42 Å². The highest BCUT2D eigenvalue weighted by Gasteiger charge is 2.01. The maximum atomic E-state index is 3.10. The van der Waals surface area contributed by atoms with E-state index in [9.17, 15) is 0 Å². The largest absolute Gasteiger partial charge is 0.106 e. The first-order valence-corrected chi connectivity index (χ1v) is 4.62. The van der Waals surface area contributed by atoms with E-state index in [2.05, 4.69) is 44.7 Å². The van der Waals surface area contributed by atoms with Gasteiger partial charge in [-0.1, -0.05) is 18.1 Å². The zero-order valence-corrected chi connectivity index (χ0v) is 8.86. The molecule has 0 N–H and O–H groups in total. The van der Waals surface area contributed by atoms with Crippen molar-refractivity contribution in [2.45, 2.75) is 34.1 Å². The van der Waals surface area contributed by atoms with E-state index < -0.39 is 0 Å². The van der Waals surface area contributed by atoms with E-state index in [4.69, 9.17) is 0 Å². The van der Waals surface area contributed by atoms with Crippen molar-refractivity contribution < 1.29 is 0 Å². The van der Waals surface area contributed by atoms with E-state index in [0.29, 0.717) is 0 Å². The molecule has 1 rings (SSSR count). The van der Waals surface area contributed by atoms with E-state index in [0.717, 1.165) is 6.42 Å². The zero-order chi connectivity index (χ0) is 9.84. The van der Waals surface area contributed by atoms with Crippen molar-refractivity contribution in [3.05, 3.63) is 34.4 Å². The molecule has 68 valence electrons. The Labute approximate surface area is 81.0 Å². The predicted octanol–water partition coefficient (Wildman–Crippen LogP) is 3.18. The van der Waals surface area contributed by atoms with E-state index in [1.54, 1.807) is 0 Å². The molecule has 0 aliphatic carbocycles. The summed E-state index contributed by atoms with van der Waals surface area (Å²) in [6.45, 7) is 8.39. The predicted molar refractivity (Wildman–Crippen MR) is 57.8 cm³/mol. The Morgan fingerprint density at radius 3 is 2.38 bits per heavy atom. The topological polar surface area (TPSA) is 0 Å². The fraction of sp³-hybridized carbons (Fsp3) is 0.385. The number of hydrogen-bond donors (Lipinski definition) is 0. The standard InChI is InChI=1S/C13H16/c1-5-6-7-13-9-8-10(2)11(3)12(13)4/h8-9H,7H2,1-4H3. The third-order valence-corrected chi connectivity index (χ3v) is 2.63. The molecule has 0 heteroatoms. The molecule has 0 radical (unpaired) electrons. The third-order valence-electron chi connectivity index (χ3n) is 2.63. The van der Waals surface area contributed by atoms with Crippen LogP contribution in [0.5, 0.6) is 0 Å². The first-order chi connectivity index (χ1) is 6.16. The Kier molecular flexibility index (Phi) is 3.14. The van der Waals surface area contributed by atoms with Crippen molar-refractivity contribution in [3.63, 3.8) is 0 Å². The summed E-state index contributed by atoms with van der Waals surface area (Å²) in [5, 5.41) is 0. The van der Waals surface area contributed by atoms with Gasteiger partial charge >= 0.3 is 0 Å². The van der Waals surface area contributed by atoms with E-state index in [-0.39, 0.29) is 0 Å². The summed E-state index contributed by atoms with van der Waals surface area (Å²) in [6, 6.07) is 4.36. The number of benzene rings is 1. The molecule has 0 amide bonds. The quantitative estimate of drug-likeness (QED) is 0.571. The molecule has 0 unspecified atom stereocenters. The summed E-state index contributed by atoms with van der Waals surface area (Å²) in [6.07, 6.45) is 0.878. The monoisotopic (exact) mass is 172 g/mol. The Morgan fingerprint density at radius 1 is 1.08 bits per heavy atom. The van der Waals surface area contributed by atoms with Gasteiger partial charge in [-0.15, -0.1) is 5.92 Å². The molecule has 0 aliphatic heterocycles. The van der Waals surface area contributed by atoms with Crippen molar-refractivity contribution in [3.8, 4) is 11.8 Å². The molecule has 0 aromatic heterocycles. The van der Waals surface area contributed by atoms with Crippen molar-refractivity contribution in [2.75, 3.05) is 0 Å². The second kappa shape index (κ2) is 4.14. The molecular formula is C13H16. The molecule has 0 aliphatic rings. The van der Waals surface area contributed by atoms with Crippen LogP contribution in [0.4, 0.5) is 0 Å². The molecule has 1 aromatic rings. The lowest BCUT2D eigenvalue weighted by Crippen LogP contribution is -1.93. The summed E-state index contributed by atoms with van der Waals surface area (Å²) in [7, 11) is 0. The van der Waals surface area contributed by atoms with Crippen LogP contribution >= 0.6 is 0 Å². The highest BCUT2D eigenvalue weighted by molar-refractivity contribution is 5.40. The van der Waals surface area contributed by atoms with Crippen LogP contribution in [0.1, 0.15) is 29.2 Å². The molecule has 0 atom stereocenters. The second-order valence-electron chi connectivity index (χ2n) is 3.40. The SMILES string of the molecule is CC#CCc1ccc(C)c(C)c1C. The van der Waals surface area contributed by atoms with Gasteiger partial charge in [0.15, 0.2) is 0 Å². The average molecular weight is 172 g/mol. The summed E-state index contributed by atoms with van der Waals surface area (Å²) >= 11 is 0. The van der Waals surface area contributed by atoms with Crippen LogP contribution in [0.25, 0.3) is 0 Å².